The molecule has 1 atom stereocenters. The summed E-state index contributed by atoms with van der Waals surface area (Å²) in [6.07, 6.45) is -5.50. The Balaban J connectivity index is 2.63. The van der Waals surface area contributed by atoms with Gasteiger partial charge in [0.05, 0.1) is 18.7 Å². The van der Waals surface area contributed by atoms with Crippen LogP contribution < -0.4 is 10.1 Å². The highest BCUT2D eigenvalue weighted by molar-refractivity contribution is 6.31. The lowest BCUT2D eigenvalue weighted by Gasteiger charge is -2.43. The van der Waals surface area contributed by atoms with Crippen LogP contribution in [0.25, 0.3) is 0 Å². The third kappa shape index (κ3) is 6.39. The fourth-order valence-electron chi connectivity index (χ4n) is 4.03. The number of hydrogen-bond acceptors (Lipinski definition) is 3. The molecule has 33 heavy (non-hydrogen) atoms. The zero-order valence-corrected chi connectivity index (χ0v) is 20.2. The van der Waals surface area contributed by atoms with Gasteiger partial charge < -0.3 is 10.1 Å². The Morgan fingerprint density at radius 2 is 1.79 bits per heavy atom. The summed E-state index contributed by atoms with van der Waals surface area (Å²) >= 11 is 6.27. The summed E-state index contributed by atoms with van der Waals surface area (Å²) < 4.78 is 63.9. The molecular weight excluding hydrogens is 456 g/mol. The first-order chi connectivity index (χ1) is 15.2. The molecule has 0 bridgehead atoms. The molecule has 0 saturated carbocycles. The third-order valence-electron chi connectivity index (χ3n) is 5.70. The number of halogens is 5. The van der Waals surface area contributed by atoms with E-state index in [0.717, 1.165) is 0 Å². The van der Waals surface area contributed by atoms with Crippen molar-refractivity contribution in [3.8, 4) is 11.8 Å². The number of alkyl halides is 3. The van der Waals surface area contributed by atoms with Gasteiger partial charge in [0.25, 0.3) is 0 Å². The van der Waals surface area contributed by atoms with Crippen molar-refractivity contribution in [1.29, 1.82) is 5.26 Å². The fraction of sp³-hybridized carbons (Fsp3) is 0.480. The van der Waals surface area contributed by atoms with E-state index < -0.39 is 35.8 Å². The SMILES string of the molecule is COc1ccc(F)cc1C(C)(C)CC(Cc1ccc(C#N)cc1Cl)(NCC(C)C)C(F)(F)F. The van der Waals surface area contributed by atoms with Crippen molar-refractivity contribution in [2.45, 2.75) is 57.7 Å². The van der Waals surface area contributed by atoms with Crippen molar-refractivity contribution < 1.29 is 22.3 Å². The number of benzene rings is 2. The zero-order valence-electron chi connectivity index (χ0n) is 19.4. The lowest BCUT2D eigenvalue weighted by Crippen LogP contribution is -2.61. The lowest BCUT2D eigenvalue weighted by atomic mass is 9.70. The lowest BCUT2D eigenvalue weighted by molar-refractivity contribution is -0.203. The molecule has 0 aliphatic carbocycles. The quantitative estimate of drug-likeness (QED) is 0.397. The maximum Gasteiger partial charge on any atom is 0.406 e. The Morgan fingerprint density at radius 1 is 1.12 bits per heavy atom. The first-order valence-electron chi connectivity index (χ1n) is 10.6. The van der Waals surface area contributed by atoms with Crippen molar-refractivity contribution in [3.63, 3.8) is 0 Å². The van der Waals surface area contributed by atoms with E-state index in [-0.39, 0.29) is 28.6 Å². The van der Waals surface area contributed by atoms with Gasteiger partial charge >= 0.3 is 6.18 Å². The molecule has 1 unspecified atom stereocenters. The summed E-state index contributed by atoms with van der Waals surface area (Å²) in [6, 6.07) is 10.0. The Bertz CT molecular complexity index is 1010. The molecular formula is C25H29ClF4N2O. The number of nitriles is 1. The monoisotopic (exact) mass is 484 g/mol. The van der Waals surface area contributed by atoms with Crippen molar-refractivity contribution in [1.82, 2.24) is 5.32 Å². The van der Waals surface area contributed by atoms with E-state index in [1.54, 1.807) is 13.8 Å². The van der Waals surface area contributed by atoms with E-state index in [1.165, 1.54) is 43.5 Å². The van der Waals surface area contributed by atoms with Gasteiger partial charge in [-0.25, -0.2) is 4.39 Å². The van der Waals surface area contributed by atoms with Gasteiger partial charge in [0.15, 0.2) is 0 Å². The van der Waals surface area contributed by atoms with Gasteiger partial charge in [-0.1, -0.05) is 45.4 Å². The van der Waals surface area contributed by atoms with E-state index in [9.17, 15) is 17.6 Å². The molecule has 180 valence electrons. The van der Waals surface area contributed by atoms with Crippen LogP contribution in [0, 0.1) is 23.1 Å². The molecule has 0 radical (unpaired) electrons. The van der Waals surface area contributed by atoms with Crippen molar-refractivity contribution in [2.75, 3.05) is 13.7 Å². The van der Waals surface area contributed by atoms with Gasteiger partial charge in [-0.3, -0.25) is 0 Å². The van der Waals surface area contributed by atoms with Crippen LogP contribution in [-0.2, 0) is 11.8 Å². The third-order valence-corrected chi connectivity index (χ3v) is 6.05. The van der Waals surface area contributed by atoms with E-state index in [1.807, 2.05) is 19.9 Å². The molecule has 0 spiro atoms. The maximum absolute atomic E-state index is 14.8. The summed E-state index contributed by atoms with van der Waals surface area (Å²) in [6.45, 7) is 7.04. The average molecular weight is 485 g/mol. The van der Waals surface area contributed by atoms with Gasteiger partial charge in [0, 0.05) is 17.0 Å². The largest absolute Gasteiger partial charge is 0.496 e. The molecule has 1 N–H and O–H groups in total. The number of nitrogens with zero attached hydrogens (tertiary/aromatic N) is 1. The highest BCUT2D eigenvalue weighted by Gasteiger charge is 2.57. The van der Waals surface area contributed by atoms with Crippen LogP contribution in [0.1, 0.15) is 50.8 Å². The van der Waals surface area contributed by atoms with E-state index in [4.69, 9.17) is 21.6 Å². The Kier molecular flexibility index (Phi) is 8.42. The molecule has 2 rings (SSSR count). The minimum atomic E-state index is -4.66. The Labute approximate surface area is 197 Å². The highest BCUT2D eigenvalue weighted by atomic mass is 35.5. The minimum Gasteiger partial charge on any atom is -0.496 e. The molecule has 2 aromatic carbocycles. The number of ether oxygens (including phenoxy) is 1. The second-order valence-electron chi connectivity index (χ2n) is 9.35. The molecule has 0 aliphatic heterocycles. The predicted octanol–water partition coefficient (Wildman–Crippen LogP) is 6.82. The summed E-state index contributed by atoms with van der Waals surface area (Å²) in [4.78, 5) is 0. The predicted molar refractivity (Wildman–Crippen MR) is 122 cm³/mol. The molecule has 0 amide bonds. The first-order valence-corrected chi connectivity index (χ1v) is 11.0. The van der Waals surface area contributed by atoms with E-state index in [2.05, 4.69) is 5.32 Å². The minimum absolute atomic E-state index is 0.0463. The zero-order chi connectivity index (χ0) is 25.0. The number of methoxy groups -OCH3 is 1. The molecule has 0 aromatic heterocycles. The van der Waals surface area contributed by atoms with Gasteiger partial charge in [0.1, 0.15) is 17.1 Å². The van der Waals surface area contributed by atoms with Crippen LogP contribution in [0.3, 0.4) is 0 Å². The van der Waals surface area contributed by atoms with Crippen LogP contribution >= 0.6 is 11.6 Å². The van der Waals surface area contributed by atoms with Crippen molar-refractivity contribution >= 4 is 11.6 Å². The first kappa shape index (κ1) is 26.9. The molecule has 0 fully saturated rings. The topological polar surface area (TPSA) is 45.0 Å². The molecule has 0 heterocycles. The second-order valence-corrected chi connectivity index (χ2v) is 9.76. The van der Waals surface area contributed by atoms with Crippen LogP contribution in [0.2, 0.25) is 5.02 Å². The summed E-state index contributed by atoms with van der Waals surface area (Å²) in [5.74, 6) is -0.283. The van der Waals surface area contributed by atoms with E-state index >= 15 is 0 Å². The van der Waals surface area contributed by atoms with Crippen molar-refractivity contribution in [2.24, 2.45) is 5.92 Å². The summed E-state index contributed by atoms with van der Waals surface area (Å²) in [5.41, 5.74) is -2.61. The van der Waals surface area contributed by atoms with Crippen LogP contribution in [-0.4, -0.2) is 25.4 Å². The molecule has 0 aliphatic rings. The van der Waals surface area contributed by atoms with Crippen LogP contribution in [0.15, 0.2) is 36.4 Å². The van der Waals surface area contributed by atoms with E-state index in [0.29, 0.717) is 11.3 Å². The standard InChI is InChI=1S/C25H29ClF4N2O/c1-16(2)14-32-24(25(28,29)30,12-18-7-6-17(13-31)10-21(18)26)15-23(3,4)20-11-19(27)8-9-22(20)33-5/h6-11,16,32H,12,14-15H2,1-5H3. The van der Waals surface area contributed by atoms with Crippen LogP contribution in [0.5, 0.6) is 5.75 Å². The molecule has 0 saturated heterocycles. The number of nitrogens with one attached hydrogen (secondary N) is 1. The van der Waals surface area contributed by atoms with Crippen LogP contribution in [0.4, 0.5) is 17.6 Å². The second kappa shape index (κ2) is 10.3. The maximum atomic E-state index is 14.8. The number of hydrogen-bond donors (Lipinski definition) is 1. The highest BCUT2D eigenvalue weighted by Crippen LogP contribution is 2.46. The Hall–Kier alpha value is -2.30. The normalized spacial score (nSPS) is 14.1. The number of rotatable bonds is 9. The van der Waals surface area contributed by atoms with Crippen molar-refractivity contribution in [3.05, 3.63) is 63.9 Å². The van der Waals surface area contributed by atoms with Gasteiger partial charge in [0.2, 0.25) is 0 Å². The summed E-state index contributed by atoms with van der Waals surface area (Å²) in [5, 5.41) is 11.9. The summed E-state index contributed by atoms with van der Waals surface area (Å²) in [7, 11) is 1.40. The fourth-order valence-corrected chi connectivity index (χ4v) is 4.28. The molecule has 2 aromatic rings. The molecule has 3 nitrogen and oxygen atoms in total. The van der Waals surface area contributed by atoms with Gasteiger partial charge in [-0.05, 0) is 60.2 Å². The van der Waals surface area contributed by atoms with Gasteiger partial charge in [-0.2, -0.15) is 18.4 Å². The smallest absolute Gasteiger partial charge is 0.406 e. The average Bonchev–Trinajstić information content (AvgIpc) is 2.72. The van der Waals surface area contributed by atoms with Gasteiger partial charge in [-0.15, -0.1) is 0 Å². The molecule has 8 heteroatoms. The Morgan fingerprint density at radius 3 is 2.30 bits per heavy atom.